The van der Waals surface area contributed by atoms with Crippen molar-refractivity contribution in [2.45, 2.75) is 32.6 Å². The van der Waals surface area contributed by atoms with E-state index in [0.717, 1.165) is 36.9 Å². The number of carbonyl (C=O) groups is 1. The summed E-state index contributed by atoms with van der Waals surface area (Å²) in [6.07, 6.45) is 3.43. The van der Waals surface area contributed by atoms with Crippen molar-refractivity contribution in [3.63, 3.8) is 0 Å². The average molecular weight is 297 g/mol. The molecular weight excluding hydrogens is 280 g/mol. The number of amides is 1. The zero-order chi connectivity index (χ0) is 14.0. The smallest absolute Gasteiger partial charge is 0.237 e. The number of hydrogen-bond donors (Lipinski definition) is 2. The monoisotopic (exact) mass is 296 g/mol. The van der Waals surface area contributed by atoms with E-state index in [-0.39, 0.29) is 5.91 Å². The molecule has 2 rings (SSSR count). The summed E-state index contributed by atoms with van der Waals surface area (Å²) in [5, 5.41) is 3.52. The molecule has 19 heavy (non-hydrogen) atoms. The molecule has 0 radical (unpaired) electrons. The Morgan fingerprint density at radius 2 is 2.05 bits per heavy atom. The highest BCUT2D eigenvalue weighted by Gasteiger charge is 2.44. The Kier molecular flexibility index (Phi) is 4.11. The van der Waals surface area contributed by atoms with Crippen LogP contribution in [0.2, 0.25) is 5.02 Å². The normalized spacial score (nSPS) is 17.2. The van der Waals surface area contributed by atoms with Crippen LogP contribution in [0.3, 0.4) is 0 Å². The summed E-state index contributed by atoms with van der Waals surface area (Å²) in [4.78, 5) is 12.8. The maximum absolute atomic E-state index is 12.5. The first-order valence-corrected chi connectivity index (χ1v) is 7.12. The van der Waals surface area contributed by atoms with Crippen molar-refractivity contribution < 1.29 is 4.79 Å². The molecule has 1 aromatic rings. The van der Waals surface area contributed by atoms with Crippen LogP contribution in [0.25, 0.3) is 0 Å². The maximum Gasteiger partial charge on any atom is 0.237 e. The molecule has 1 aromatic carbocycles. The van der Waals surface area contributed by atoms with Crippen molar-refractivity contribution in [3.05, 3.63) is 28.8 Å². The molecule has 0 unspecified atom stereocenters. The molecule has 0 bridgehead atoms. The molecule has 5 heteroatoms. The fourth-order valence-electron chi connectivity index (χ4n) is 2.53. The Bertz CT molecular complexity index is 524. The molecule has 0 aliphatic heterocycles. The van der Waals surface area contributed by atoms with Gasteiger partial charge in [-0.2, -0.15) is 0 Å². The molecule has 1 fully saturated rings. The van der Waals surface area contributed by atoms with E-state index in [1.165, 1.54) is 0 Å². The molecule has 0 spiro atoms. The van der Waals surface area contributed by atoms with Gasteiger partial charge in [0, 0.05) is 10.7 Å². The van der Waals surface area contributed by atoms with Crippen molar-refractivity contribution >= 4 is 40.4 Å². The van der Waals surface area contributed by atoms with Gasteiger partial charge in [-0.3, -0.25) is 4.79 Å². The molecule has 1 amide bonds. The third kappa shape index (κ3) is 2.74. The summed E-state index contributed by atoms with van der Waals surface area (Å²) in [5.41, 5.74) is 6.80. The summed E-state index contributed by atoms with van der Waals surface area (Å²) in [7, 11) is 0. The van der Waals surface area contributed by atoms with Crippen molar-refractivity contribution in [2.24, 2.45) is 11.1 Å². The fraction of sp³-hybridized carbons (Fsp3) is 0.429. The van der Waals surface area contributed by atoms with E-state index in [4.69, 9.17) is 29.6 Å². The second-order valence-electron chi connectivity index (χ2n) is 5.07. The molecule has 3 N–H and O–H groups in total. The van der Waals surface area contributed by atoms with Crippen LogP contribution in [-0.4, -0.2) is 10.9 Å². The lowest BCUT2D eigenvalue weighted by atomic mass is 9.85. The molecule has 1 aliphatic carbocycles. The molecule has 0 saturated heterocycles. The summed E-state index contributed by atoms with van der Waals surface area (Å²) in [6, 6.07) is 5.42. The lowest BCUT2D eigenvalue weighted by molar-refractivity contribution is -0.122. The van der Waals surface area contributed by atoms with Crippen LogP contribution in [0.15, 0.2) is 18.2 Å². The first-order valence-electron chi connectivity index (χ1n) is 6.33. The van der Waals surface area contributed by atoms with E-state index in [1.807, 2.05) is 13.0 Å². The molecule has 1 saturated carbocycles. The van der Waals surface area contributed by atoms with Crippen molar-refractivity contribution in [1.29, 1.82) is 0 Å². The molecule has 0 atom stereocenters. The molecule has 3 nitrogen and oxygen atoms in total. The van der Waals surface area contributed by atoms with Gasteiger partial charge >= 0.3 is 0 Å². The Morgan fingerprint density at radius 1 is 1.42 bits per heavy atom. The van der Waals surface area contributed by atoms with Crippen LogP contribution >= 0.6 is 23.8 Å². The second-order valence-corrected chi connectivity index (χ2v) is 5.94. The predicted molar refractivity (Wildman–Crippen MR) is 82.5 cm³/mol. The third-order valence-corrected chi connectivity index (χ3v) is 4.44. The van der Waals surface area contributed by atoms with E-state index in [1.54, 1.807) is 12.1 Å². The van der Waals surface area contributed by atoms with Gasteiger partial charge in [0.25, 0.3) is 0 Å². The van der Waals surface area contributed by atoms with Crippen LogP contribution in [0.5, 0.6) is 0 Å². The van der Waals surface area contributed by atoms with Crippen LogP contribution < -0.4 is 11.1 Å². The first-order chi connectivity index (χ1) is 8.95. The molecule has 102 valence electrons. The zero-order valence-electron chi connectivity index (χ0n) is 10.8. The summed E-state index contributed by atoms with van der Waals surface area (Å²) >= 11 is 11.1. The summed E-state index contributed by atoms with van der Waals surface area (Å²) in [5.74, 6) is -0.108. The van der Waals surface area contributed by atoms with E-state index >= 15 is 0 Å². The lowest BCUT2D eigenvalue weighted by Gasteiger charge is -2.26. The van der Waals surface area contributed by atoms with E-state index < -0.39 is 5.41 Å². The zero-order valence-corrected chi connectivity index (χ0v) is 12.4. The Morgan fingerprint density at radius 3 is 2.63 bits per heavy atom. The number of rotatable bonds is 3. The van der Waals surface area contributed by atoms with Gasteiger partial charge in [-0.05, 0) is 37.5 Å². The van der Waals surface area contributed by atoms with Gasteiger partial charge in [-0.25, -0.2) is 0 Å². The molecule has 1 aliphatic rings. The molecular formula is C14H17ClN2OS. The van der Waals surface area contributed by atoms with Crippen molar-refractivity contribution in [2.75, 3.05) is 5.32 Å². The minimum absolute atomic E-state index is 0.108. The van der Waals surface area contributed by atoms with Crippen LogP contribution in [0, 0.1) is 12.3 Å². The highest BCUT2D eigenvalue weighted by molar-refractivity contribution is 7.80. The number of aryl methyl sites for hydroxylation is 1. The van der Waals surface area contributed by atoms with Gasteiger partial charge in [0.15, 0.2) is 0 Å². The Labute approximate surface area is 123 Å². The topological polar surface area (TPSA) is 55.1 Å². The largest absolute Gasteiger partial charge is 0.392 e. The Balaban J connectivity index is 2.25. The average Bonchev–Trinajstić information content (AvgIpc) is 2.84. The number of nitrogens with one attached hydrogen (secondary N) is 1. The van der Waals surface area contributed by atoms with Crippen molar-refractivity contribution in [3.8, 4) is 0 Å². The Hall–Kier alpha value is -1.13. The van der Waals surface area contributed by atoms with Gasteiger partial charge in [-0.15, -0.1) is 0 Å². The van der Waals surface area contributed by atoms with Crippen molar-refractivity contribution in [1.82, 2.24) is 0 Å². The minimum Gasteiger partial charge on any atom is -0.392 e. The number of carbonyl (C=O) groups excluding carboxylic acids is 1. The number of anilines is 1. The highest BCUT2D eigenvalue weighted by Crippen LogP contribution is 2.39. The van der Waals surface area contributed by atoms with Gasteiger partial charge in [0.2, 0.25) is 5.91 Å². The summed E-state index contributed by atoms with van der Waals surface area (Å²) in [6.45, 7) is 1.92. The van der Waals surface area contributed by atoms with E-state index in [9.17, 15) is 4.79 Å². The van der Waals surface area contributed by atoms with E-state index in [0.29, 0.717) is 10.0 Å². The third-order valence-electron chi connectivity index (χ3n) is 3.81. The quantitative estimate of drug-likeness (QED) is 0.840. The van der Waals surface area contributed by atoms with Crippen LogP contribution in [0.4, 0.5) is 5.69 Å². The summed E-state index contributed by atoms with van der Waals surface area (Å²) < 4.78 is 0. The van der Waals surface area contributed by atoms with Crippen LogP contribution in [-0.2, 0) is 4.79 Å². The number of benzene rings is 1. The standard InChI is InChI=1S/C14H17ClN2OS/c1-9-4-5-10(15)8-11(9)17-13(18)14(12(16)19)6-2-3-7-14/h4-5,8H,2-3,6-7H2,1H3,(H2,16,19)(H,17,18). The molecule has 0 aromatic heterocycles. The first kappa shape index (κ1) is 14.3. The van der Waals surface area contributed by atoms with Gasteiger partial charge in [-0.1, -0.05) is 42.7 Å². The highest BCUT2D eigenvalue weighted by atomic mass is 35.5. The minimum atomic E-state index is -0.690. The van der Waals surface area contributed by atoms with Crippen LogP contribution in [0.1, 0.15) is 31.2 Å². The van der Waals surface area contributed by atoms with Gasteiger partial charge < -0.3 is 11.1 Å². The number of nitrogens with two attached hydrogens (primary N) is 1. The SMILES string of the molecule is Cc1ccc(Cl)cc1NC(=O)C1(C(N)=S)CCCC1. The van der Waals surface area contributed by atoms with Gasteiger partial charge in [0.05, 0.1) is 10.4 Å². The van der Waals surface area contributed by atoms with E-state index in [2.05, 4.69) is 5.32 Å². The number of hydrogen-bond acceptors (Lipinski definition) is 2. The lowest BCUT2D eigenvalue weighted by Crippen LogP contribution is -2.44. The predicted octanol–water partition coefficient (Wildman–Crippen LogP) is 3.43. The fourth-order valence-corrected chi connectivity index (χ4v) is 3.00. The molecule has 0 heterocycles. The number of halogens is 1. The van der Waals surface area contributed by atoms with Gasteiger partial charge in [0.1, 0.15) is 0 Å². The maximum atomic E-state index is 12.5. The number of thiocarbonyl (C=S) groups is 1. The second kappa shape index (κ2) is 5.47.